The molecule has 0 aliphatic carbocycles. The van der Waals surface area contributed by atoms with E-state index in [1.54, 1.807) is 13.2 Å². The normalized spacial score (nSPS) is 10.7. The standard InChI is InChI=1S/C15H16Cl2N4O2.HI/c1-22-12-4-2-3-11(8-12)21-15(18)19-5-6-23-14-13(17)7-10(16)9-20-14;/h2-4,7-9H,5-6H2,1H3,(H3,18,19,21);1H. The van der Waals surface area contributed by atoms with Crippen molar-refractivity contribution in [1.29, 1.82) is 0 Å². The van der Waals surface area contributed by atoms with Crippen molar-refractivity contribution in [2.45, 2.75) is 0 Å². The molecule has 0 aliphatic rings. The van der Waals surface area contributed by atoms with Crippen LogP contribution in [-0.2, 0) is 0 Å². The quantitative estimate of drug-likeness (QED) is 0.283. The fourth-order valence-corrected chi connectivity index (χ4v) is 2.14. The highest BCUT2D eigenvalue weighted by molar-refractivity contribution is 14.0. The van der Waals surface area contributed by atoms with Gasteiger partial charge in [-0.1, -0.05) is 29.3 Å². The summed E-state index contributed by atoms with van der Waals surface area (Å²) in [7, 11) is 1.60. The van der Waals surface area contributed by atoms with Gasteiger partial charge in [0, 0.05) is 18.0 Å². The lowest BCUT2D eigenvalue weighted by molar-refractivity contribution is 0.316. The molecule has 0 amide bonds. The van der Waals surface area contributed by atoms with Gasteiger partial charge < -0.3 is 20.5 Å². The van der Waals surface area contributed by atoms with Crippen LogP contribution in [0.3, 0.4) is 0 Å². The van der Waals surface area contributed by atoms with E-state index >= 15 is 0 Å². The predicted molar refractivity (Wildman–Crippen MR) is 108 cm³/mol. The summed E-state index contributed by atoms with van der Waals surface area (Å²) in [5.74, 6) is 1.32. The zero-order chi connectivity index (χ0) is 16.7. The van der Waals surface area contributed by atoms with E-state index in [1.165, 1.54) is 6.20 Å². The first-order chi connectivity index (χ1) is 11.1. The first-order valence-electron chi connectivity index (χ1n) is 6.73. The molecule has 1 aromatic heterocycles. The molecule has 3 N–H and O–H groups in total. The Morgan fingerprint density at radius 2 is 2.12 bits per heavy atom. The number of aliphatic imine (C=N–C) groups is 1. The molecule has 9 heteroatoms. The minimum absolute atomic E-state index is 0. The molecular weight excluding hydrogens is 466 g/mol. The van der Waals surface area contributed by atoms with E-state index in [9.17, 15) is 0 Å². The van der Waals surface area contributed by atoms with E-state index in [-0.39, 0.29) is 36.5 Å². The molecule has 6 nitrogen and oxygen atoms in total. The van der Waals surface area contributed by atoms with E-state index in [0.29, 0.717) is 22.5 Å². The largest absolute Gasteiger partial charge is 0.497 e. The summed E-state index contributed by atoms with van der Waals surface area (Å²) in [5, 5.41) is 3.77. The number of aromatic nitrogens is 1. The summed E-state index contributed by atoms with van der Waals surface area (Å²) < 4.78 is 10.6. The van der Waals surface area contributed by atoms with Crippen LogP contribution in [0.4, 0.5) is 5.69 Å². The number of rotatable bonds is 6. The number of hydrogen-bond acceptors (Lipinski definition) is 4. The summed E-state index contributed by atoms with van der Waals surface area (Å²) in [6.07, 6.45) is 1.46. The van der Waals surface area contributed by atoms with Gasteiger partial charge in [-0.3, -0.25) is 0 Å². The summed E-state index contributed by atoms with van der Waals surface area (Å²) in [6, 6.07) is 8.93. The number of guanidine groups is 1. The van der Waals surface area contributed by atoms with Gasteiger partial charge in [0.05, 0.1) is 18.7 Å². The highest BCUT2D eigenvalue weighted by Gasteiger charge is 2.03. The lowest BCUT2D eigenvalue weighted by atomic mass is 10.3. The Kier molecular flexibility index (Phi) is 8.94. The first kappa shape index (κ1) is 20.6. The molecule has 0 bridgehead atoms. The fraction of sp³-hybridized carbons (Fsp3) is 0.200. The monoisotopic (exact) mass is 482 g/mol. The van der Waals surface area contributed by atoms with Gasteiger partial charge in [-0.25, -0.2) is 9.98 Å². The third-order valence-corrected chi connectivity index (χ3v) is 3.21. The fourth-order valence-electron chi connectivity index (χ4n) is 1.70. The maximum absolute atomic E-state index is 5.95. The molecule has 0 unspecified atom stereocenters. The van der Waals surface area contributed by atoms with E-state index in [2.05, 4.69) is 15.3 Å². The van der Waals surface area contributed by atoms with E-state index in [0.717, 1.165) is 11.4 Å². The molecular formula is C15H17Cl2IN4O2. The van der Waals surface area contributed by atoms with Crippen LogP contribution >= 0.6 is 47.2 Å². The zero-order valence-electron chi connectivity index (χ0n) is 12.8. The molecule has 0 saturated heterocycles. The van der Waals surface area contributed by atoms with Gasteiger partial charge in [0.2, 0.25) is 5.88 Å². The molecule has 0 saturated carbocycles. The Morgan fingerprint density at radius 3 is 2.83 bits per heavy atom. The van der Waals surface area contributed by atoms with Gasteiger partial charge in [-0.15, -0.1) is 24.0 Å². The molecule has 24 heavy (non-hydrogen) atoms. The van der Waals surface area contributed by atoms with Gasteiger partial charge in [-0.2, -0.15) is 0 Å². The first-order valence-corrected chi connectivity index (χ1v) is 7.49. The number of benzene rings is 1. The van der Waals surface area contributed by atoms with Gasteiger partial charge in [0.15, 0.2) is 5.96 Å². The van der Waals surface area contributed by atoms with Gasteiger partial charge >= 0.3 is 0 Å². The minimum atomic E-state index is 0. The molecule has 2 rings (SSSR count). The highest BCUT2D eigenvalue weighted by atomic mass is 127. The maximum atomic E-state index is 5.95. The Hall–Kier alpha value is -1.45. The lowest BCUT2D eigenvalue weighted by Gasteiger charge is -2.08. The summed E-state index contributed by atoms with van der Waals surface area (Å²) in [4.78, 5) is 8.14. The minimum Gasteiger partial charge on any atom is -0.497 e. The number of nitrogens with zero attached hydrogens (tertiary/aromatic N) is 2. The van der Waals surface area contributed by atoms with Crippen molar-refractivity contribution >= 4 is 58.8 Å². The number of ether oxygens (including phenoxy) is 2. The summed E-state index contributed by atoms with van der Waals surface area (Å²) in [6.45, 7) is 0.637. The van der Waals surface area contributed by atoms with Crippen LogP contribution in [0.15, 0.2) is 41.5 Å². The van der Waals surface area contributed by atoms with Crippen LogP contribution in [0.2, 0.25) is 10.0 Å². The second-order valence-electron chi connectivity index (χ2n) is 4.41. The molecule has 1 heterocycles. The molecule has 0 fully saturated rings. The zero-order valence-corrected chi connectivity index (χ0v) is 16.7. The third kappa shape index (κ3) is 6.58. The van der Waals surface area contributed by atoms with Crippen molar-refractivity contribution in [3.63, 3.8) is 0 Å². The van der Waals surface area contributed by atoms with Crippen molar-refractivity contribution in [3.8, 4) is 11.6 Å². The van der Waals surface area contributed by atoms with E-state index < -0.39 is 0 Å². The van der Waals surface area contributed by atoms with Gasteiger partial charge in [0.25, 0.3) is 0 Å². The van der Waals surface area contributed by atoms with Crippen LogP contribution in [0, 0.1) is 0 Å². The maximum Gasteiger partial charge on any atom is 0.232 e. The lowest BCUT2D eigenvalue weighted by Crippen LogP contribution is -2.23. The topological polar surface area (TPSA) is 81.8 Å². The van der Waals surface area contributed by atoms with Gasteiger partial charge in [0.1, 0.15) is 17.4 Å². The second kappa shape index (κ2) is 10.4. The number of hydrogen-bond donors (Lipinski definition) is 2. The van der Waals surface area contributed by atoms with Crippen molar-refractivity contribution < 1.29 is 9.47 Å². The highest BCUT2D eigenvalue weighted by Crippen LogP contribution is 2.24. The number of nitrogens with two attached hydrogens (primary N) is 1. The molecule has 1 aromatic carbocycles. The molecule has 130 valence electrons. The summed E-state index contributed by atoms with van der Waals surface area (Å²) >= 11 is 11.7. The summed E-state index contributed by atoms with van der Waals surface area (Å²) in [5.41, 5.74) is 6.60. The van der Waals surface area contributed by atoms with Crippen LogP contribution in [-0.4, -0.2) is 31.2 Å². The van der Waals surface area contributed by atoms with Crippen LogP contribution in [0.1, 0.15) is 0 Å². The average Bonchev–Trinajstić information content (AvgIpc) is 2.53. The van der Waals surface area contributed by atoms with Crippen molar-refractivity contribution in [2.75, 3.05) is 25.6 Å². The van der Waals surface area contributed by atoms with Crippen LogP contribution < -0.4 is 20.5 Å². The molecule has 2 aromatic rings. The van der Waals surface area contributed by atoms with Crippen LogP contribution in [0.5, 0.6) is 11.6 Å². The van der Waals surface area contributed by atoms with Crippen molar-refractivity contribution in [2.24, 2.45) is 10.7 Å². The van der Waals surface area contributed by atoms with E-state index in [4.69, 9.17) is 38.4 Å². The Balaban J connectivity index is 0.00000288. The SMILES string of the molecule is COc1cccc(NC(N)=NCCOc2ncc(Cl)cc2Cl)c1.I. The van der Waals surface area contributed by atoms with E-state index in [1.807, 2.05) is 24.3 Å². The van der Waals surface area contributed by atoms with Gasteiger partial charge in [-0.05, 0) is 18.2 Å². The number of halogens is 3. The number of nitrogens with one attached hydrogen (secondary N) is 1. The average molecular weight is 483 g/mol. The molecule has 0 spiro atoms. The Morgan fingerprint density at radius 1 is 1.33 bits per heavy atom. The van der Waals surface area contributed by atoms with Crippen molar-refractivity contribution in [1.82, 2.24) is 4.98 Å². The predicted octanol–water partition coefficient (Wildman–Crippen LogP) is 3.82. The molecule has 0 radical (unpaired) electrons. The van der Waals surface area contributed by atoms with Crippen LogP contribution in [0.25, 0.3) is 0 Å². The van der Waals surface area contributed by atoms with Crippen molar-refractivity contribution in [3.05, 3.63) is 46.6 Å². The number of anilines is 1. The smallest absolute Gasteiger partial charge is 0.232 e. The number of pyridine rings is 1. The Bertz CT molecular complexity index is 701. The third-order valence-electron chi connectivity index (χ3n) is 2.73. The second-order valence-corrected chi connectivity index (χ2v) is 5.26. The molecule has 0 aliphatic heterocycles. The molecule has 0 atom stereocenters. The number of methoxy groups -OCH3 is 1. The Labute approximate surface area is 167 Å².